The van der Waals surface area contributed by atoms with Crippen molar-refractivity contribution in [1.82, 2.24) is 14.7 Å². The summed E-state index contributed by atoms with van der Waals surface area (Å²) >= 11 is 5.85. The van der Waals surface area contributed by atoms with Crippen LogP contribution in [-0.2, 0) is 16.1 Å². The molecular weight excluding hydrogens is 428 g/mol. The first kappa shape index (κ1) is 22.1. The molecule has 0 aliphatic carbocycles. The molecule has 2 amide bonds. The van der Waals surface area contributed by atoms with Gasteiger partial charge in [0.1, 0.15) is 11.6 Å². The molecule has 0 bridgehead atoms. The number of carbonyl (C=O) groups is 2. The van der Waals surface area contributed by atoms with Gasteiger partial charge in [-0.1, -0.05) is 35.9 Å². The zero-order valence-corrected chi connectivity index (χ0v) is 18.7. The first-order valence-electron chi connectivity index (χ1n) is 10.9. The number of ether oxygens (including phenoxy) is 1. The third-order valence-electron chi connectivity index (χ3n) is 5.87. The number of amides is 2. The van der Waals surface area contributed by atoms with E-state index in [4.69, 9.17) is 21.7 Å². The molecule has 0 atom stereocenters. The van der Waals surface area contributed by atoms with Crippen molar-refractivity contribution >= 4 is 29.3 Å². The lowest BCUT2D eigenvalue weighted by atomic mass is 10.1. The van der Waals surface area contributed by atoms with Gasteiger partial charge in [0.05, 0.1) is 6.54 Å². The van der Waals surface area contributed by atoms with Crippen LogP contribution in [0.25, 0.3) is 0 Å². The summed E-state index contributed by atoms with van der Waals surface area (Å²) in [5, 5.41) is 8.95. The monoisotopic (exact) mass is 454 g/mol. The van der Waals surface area contributed by atoms with Crippen molar-refractivity contribution in [2.45, 2.75) is 19.4 Å². The van der Waals surface area contributed by atoms with Gasteiger partial charge < -0.3 is 19.4 Å². The Morgan fingerprint density at radius 1 is 0.938 bits per heavy atom. The van der Waals surface area contributed by atoms with Gasteiger partial charge in [0.25, 0.3) is 5.91 Å². The Hall–Kier alpha value is -3.06. The molecule has 2 aromatic carbocycles. The van der Waals surface area contributed by atoms with Crippen molar-refractivity contribution in [3.05, 3.63) is 64.7 Å². The first-order valence-corrected chi connectivity index (χ1v) is 11.2. The molecule has 2 fully saturated rings. The van der Waals surface area contributed by atoms with Crippen LogP contribution in [0.5, 0.6) is 5.75 Å². The van der Waals surface area contributed by atoms with E-state index in [9.17, 15) is 9.59 Å². The maximum absolute atomic E-state index is 12.6. The minimum absolute atomic E-state index is 0.0561. The number of piperazine rings is 1. The lowest BCUT2D eigenvalue weighted by molar-refractivity contribution is -0.146. The van der Waals surface area contributed by atoms with Gasteiger partial charge in [0, 0.05) is 43.3 Å². The van der Waals surface area contributed by atoms with Crippen LogP contribution in [0, 0.1) is 5.41 Å². The Morgan fingerprint density at radius 3 is 2.28 bits per heavy atom. The van der Waals surface area contributed by atoms with Crippen molar-refractivity contribution in [2.75, 3.05) is 39.3 Å². The normalized spacial score (nSPS) is 16.4. The fourth-order valence-corrected chi connectivity index (χ4v) is 4.09. The largest absolute Gasteiger partial charge is 0.484 e. The highest BCUT2D eigenvalue weighted by atomic mass is 35.5. The lowest BCUT2D eigenvalue weighted by Crippen LogP contribution is -2.52. The number of likely N-dealkylation sites (tertiary alicyclic amines) is 1. The van der Waals surface area contributed by atoms with Gasteiger partial charge >= 0.3 is 0 Å². The summed E-state index contributed by atoms with van der Waals surface area (Å²) in [7, 11) is 0. The van der Waals surface area contributed by atoms with Crippen LogP contribution in [0.2, 0.25) is 5.02 Å². The zero-order valence-electron chi connectivity index (χ0n) is 17.9. The highest BCUT2D eigenvalue weighted by Crippen LogP contribution is 2.17. The SMILES string of the molecule is N=C(c1ccc(CN2CCN(C(=O)COc3ccc(Cl)cc3)CC2=O)cc1)N1CCCC1. The van der Waals surface area contributed by atoms with E-state index in [0.717, 1.165) is 37.1 Å². The van der Waals surface area contributed by atoms with Crippen molar-refractivity contribution in [2.24, 2.45) is 0 Å². The minimum Gasteiger partial charge on any atom is -0.484 e. The lowest BCUT2D eigenvalue weighted by Gasteiger charge is -2.34. The number of nitrogens with one attached hydrogen (secondary N) is 1. The molecule has 2 aliphatic heterocycles. The van der Waals surface area contributed by atoms with Crippen LogP contribution in [0.3, 0.4) is 0 Å². The van der Waals surface area contributed by atoms with E-state index in [0.29, 0.717) is 36.2 Å². The average molecular weight is 455 g/mol. The van der Waals surface area contributed by atoms with Crippen molar-refractivity contribution < 1.29 is 14.3 Å². The van der Waals surface area contributed by atoms with Gasteiger partial charge in [-0.3, -0.25) is 15.0 Å². The number of hydrogen-bond acceptors (Lipinski definition) is 4. The van der Waals surface area contributed by atoms with Gasteiger partial charge in [0.15, 0.2) is 6.61 Å². The molecule has 0 aromatic heterocycles. The number of nitrogens with zero attached hydrogens (tertiary/aromatic N) is 3. The smallest absolute Gasteiger partial charge is 0.261 e. The molecule has 2 aliphatic rings. The first-order chi connectivity index (χ1) is 15.5. The van der Waals surface area contributed by atoms with Gasteiger partial charge in [-0.05, 0) is 42.7 Å². The number of rotatable bonds is 6. The van der Waals surface area contributed by atoms with Gasteiger partial charge in [-0.2, -0.15) is 0 Å². The molecule has 2 saturated heterocycles. The van der Waals surface area contributed by atoms with Crippen LogP contribution in [0.1, 0.15) is 24.0 Å². The van der Waals surface area contributed by atoms with Crippen LogP contribution in [0.4, 0.5) is 0 Å². The van der Waals surface area contributed by atoms with Crippen molar-refractivity contribution in [1.29, 1.82) is 5.41 Å². The second-order valence-electron chi connectivity index (χ2n) is 8.11. The Balaban J connectivity index is 1.26. The summed E-state index contributed by atoms with van der Waals surface area (Å²) < 4.78 is 5.51. The van der Waals surface area contributed by atoms with E-state index < -0.39 is 0 Å². The predicted octanol–water partition coefficient (Wildman–Crippen LogP) is 3.01. The van der Waals surface area contributed by atoms with Crippen molar-refractivity contribution in [3.8, 4) is 5.75 Å². The summed E-state index contributed by atoms with van der Waals surface area (Å²) in [5.74, 6) is 0.842. The summed E-state index contributed by atoms with van der Waals surface area (Å²) in [4.78, 5) is 30.5. The molecular formula is C24H27ClN4O3. The Labute approximate surface area is 193 Å². The van der Waals surface area contributed by atoms with Gasteiger partial charge in [-0.25, -0.2) is 0 Å². The maximum atomic E-state index is 12.6. The number of carbonyl (C=O) groups excluding carboxylic acids is 2. The van der Waals surface area contributed by atoms with Crippen LogP contribution in [-0.4, -0.2) is 71.7 Å². The minimum atomic E-state index is -0.210. The third-order valence-corrected chi connectivity index (χ3v) is 6.12. The molecule has 2 aromatic rings. The van der Waals surface area contributed by atoms with Crippen LogP contribution >= 0.6 is 11.6 Å². The topological polar surface area (TPSA) is 76.9 Å². The number of halogens is 1. The molecule has 7 nitrogen and oxygen atoms in total. The molecule has 4 rings (SSSR count). The molecule has 2 heterocycles. The van der Waals surface area contributed by atoms with E-state index in [1.807, 2.05) is 24.3 Å². The van der Waals surface area contributed by atoms with Crippen LogP contribution in [0.15, 0.2) is 48.5 Å². The standard InChI is InChI=1S/C24H27ClN4O3/c25-20-7-9-21(10-8-20)32-17-23(31)29-14-13-28(22(30)16-29)15-18-3-5-19(6-4-18)24(26)27-11-1-2-12-27/h3-10,26H,1-2,11-17H2. The predicted molar refractivity (Wildman–Crippen MR) is 123 cm³/mol. The quantitative estimate of drug-likeness (QED) is 0.537. The van der Waals surface area contributed by atoms with Gasteiger partial charge in [0.2, 0.25) is 5.91 Å². The van der Waals surface area contributed by atoms with E-state index in [1.54, 1.807) is 29.2 Å². The van der Waals surface area contributed by atoms with Crippen LogP contribution < -0.4 is 4.74 Å². The Kier molecular flexibility index (Phi) is 6.95. The zero-order chi connectivity index (χ0) is 22.5. The number of amidine groups is 1. The number of benzene rings is 2. The average Bonchev–Trinajstić information content (AvgIpc) is 3.35. The highest BCUT2D eigenvalue weighted by molar-refractivity contribution is 6.30. The maximum Gasteiger partial charge on any atom is 0.261 e. The van der Waals surface area contributed by atoms with Gasteiger partial charge in [-0.15, -0.1) is 0 Å². The third kappa shape index (κ3) is 5.40. The summed E-state index contributed by atoms with van der Waals surface area (Å²) in [5.41, 5.74) is 1.92. The highest BCUT2D eigenvalue weighted by Gasteiger charge is 2.27. The molecule has 0 spiro atoms. The molecule has 1 N–H and O–H groups in total. The molecule has 32 heavy (non-hydrogen) atoms. The summed E-state index contributed by atoms with van der Waals surface area (Å²) in [6.45, 7) is 3.30. The fourth-order valence-electron chi connectivity index (χ4n) is 3.97. The number of hydrogen-bond donors (Lipinski definition) is 1. The fraction of sp³-hybridized carbons (Fsp3) is 0.375. The Bertz CT molecular complexity index is 972. The summed E-state index contributed by atoms with van der Waals surface area (Å²) in [6, 6.07) is 14.7. The molecule has 0 unspecified atom stereocenters. The molecule has 0 saturated carbocycles. The molecule has 8 heteroatoms. The van der Waals surface area contributed by atoms with Crippen molar-refractivity contribution in [3.63, 3.8) is 0 Å². The van der Waals surface area contributed by atoms with E-state index in [2.05, 4.69) is 4.90 Å². The molecule has 0 radical (unpaired) electrons. The second kappa shape index (κ2) is 10.0. The summed E-state index contributed by atoms with van der Waals surface area (Å²) in [6.07, 6.45) is 2.29. The van der Waals surface area contributed by atoms with E-state index in [1.165, 1.54) is 4.90 Å². The van der Waals surface area contributed by atoms with E-state index >= 15 is 0 Å². The Morgan fingerprint density at radius 2 is 1.62 bits per heavy atom. The molecule has 168 valence electrons. The van der Waals surface area contributed by atoms with E-state index in [-0.39, 0.29) is 25.0 Å². The second-order valence-corrected chi connectivity index (χ2v) is 8.55.